The highest BCUT2D eigenvalue weighted by atomic mass is 32.2. The van der Waals surface area contributed by atoms with Crippen molar-refractivity contribution in [3.8, 4) is 5.75 Å². The van der Waals surface area contributed by atoms with Crippen molar-refractivity contribution >= 4 is 40.3 Å². The Hall–Kier alpha value is -3.26. The van der Waals surface area contributed by atoms with Gasteiger partial charge in [-0.3, -0.25) is 9.59 Å². The van der Waals surface area contributed by atoms with Crippen LogP contribution in [0.1, 0.15) is 17.5 Å². The second-order valence-corrected chi connectivity index (χ2v) is 7.88. The number of hydrogen-bond donors (Lipinski definition) is 2. The Labute approximate surface area is 169 Å². The highest BCUT2D eigenvalue weighted by Gasteiger charge is 2.29. The van der Waals surface area contributed by atoms with E-state index in [2.05, 4.69) is 5.32 Å². The van der Waals surface area contributed by atoms with Gasteiger partial charge in [0, 0.05) is 27.5 Å². The molecule has 0 radical (unpaired) electrons. The van der Waals surface area contributed by atoms with Crippen LogP contribution in [0.2, 0.25) is 0 Å². The summed E-state index contributed by atoms with van der Waals surface area (Å²) in [6.45, 7) is 1.49. The van der Waals surface area contributed by atoms with E-state index in [0.717, 1.165) is 10.6 Å². The van der Waals surface area contributed by atoms with E-state index in [1.165, 1.54) is 23.9 Å². The molecule has 2 N–H and O–H groups in total. The summed E-state index contributed by atoms with van der Waals surface area (Å²) >= 11 is 1.32. The molecule has 148 valence electrons. The van der Waals surface area contributed by atoms with Crippen molar-refractivity contribution in [2.24, 2.45) is 0 Å². The molecule has 1 aliphatic heterocycles. The molecule has 3 aromatic rings. The molecule has 7 nitrogen and oxygen atoms in total. The van der Waals surface area contributed by atoms with E-state index in [0.29, 0.717) is 16.5 Å². The summed E-state index contributed by atoms with van der Waals surface area (Å²) in [5.41, 5.74) is 1.28. The second kappa shape index (κ2) is 7.63. The Morgan fingerprint density at radius 3 is 2.86 bits per heavy atom. The number of benzene rings is 2. The SMILES string of the molecule is Cc1c(O)ccc2c(COC(=O)C[C@H]3Sc4ccccc4NC3=O)cc(=O)oc12. The minimum Gasteiger partial charge on any atom is -0.508 e. The second-order valence-electron chi connectivity index (χ2n) is 6.63. The fourth-order valence-electron chi connectivity index (χ4n) is 3.13. The molecule has 0 spiro atoms. The number of aryl methyl sites for hydroxylation is 1. The van der Waals surface area contributed by atoms with E-state index in [-0.39, 0.29) is 30.3 Å². The molecule has 4 rings (SSSR count). The summed E-state index contributed by atoms with van der Waals surface area (Å²) in [7, 11) is 0. The maximum absolute atomic E-state index is 12.3. The highest BCUT2D eigenvalue weighted by Crippen LogP contribution is 2.36. The summed E-state index contributed by atoms with van der Waals surface area (Å²) < 4.78 is 10.5. The van der Waals surface area contributed by atoms with Crippen molar-refractivity contribution in [2.75, 3.05) is 5.32 Å². The van der Waals surface area contributed by atoms with Gasteiger partial charge in [-0.15, -0.1) is 11.8 Å². The number of carbonyl (C=O) groups is 2. The summed E-state index contributed by atoms with van der Waals surface area (Å²) in [4.78, 5) is 37.3. The van der Waals surface area contributed by atoms with Crippen molar-refractivity contribution < 1.29 is 23.8 Å². The molecule has 8 heteroatoms. The quantitative estimate of drug-likeness (QED) is 0.501. The van der Waals surface area contributed by atoms with E-state index in [1.807, 2.05) is 18.2 Å². The van der Waals surface area contributed by atoms with Crippen LogP contribution in [0.5, 0.6) is 5.75 Å². The molecular weight excluding hydrogens is 394 g/mol. The van der Waals surface area contributed by atoms with Crippen LogP contribution in [0, 0.1) is 6.92 Å². The van der Waals surface area contributed by atoms with Gasteiger partial charge in [0.25, 0.3) is 0 Å². The molecule has 1 aliphatic rings. The van der Waals surface area contributed by atoms with Gasteiger partial charge in [0.05, 0.1) is 17.4 Å². The van der Waals surface area contributed by atoms with Crippen molar-refractivity contribution in [1.29, 1.82) is 0 Å². The number of para-hydroxylation sites is 1. The first-order chi connectivity index (χ1) is 13.9. The number of aromatic hydroxyl groups is 1. The predicted octanol–water partition coefficient (Wildman–Crippen LogP) is 3.35. The third-order valence-electron chi connectivity index (χ3n) is 4.67. The van der Waals surface area contributed by atoms with Gasteiger partial charge in [-0.05, 0) is 31.2 Å². The number of fused-ring (bicyclic) bond motifs is 2. The van der Waals surface area contributed by atoms with Crippen molar-refractivity contribution in [3.63, 3.8) is 0 Å². The summed E-state index contributed by atoms with van der Waals surface area (Å²) in [6, 6.07) is 11.7. The third kappa shape index (κ3) is 3.84. The first-order valence-electron chi connectivity index (χ1n) is 8.90. The lowest BCUT2D eigenvalue weighted by atomic mass is 10.1. The molecule has 0 saturated carbocycles. The van der Waals surface area contributed by atoms with Gasteiger partial charge >= 0.3 is 11.6 Å². The van der Waals surface area contributed by atoms with Gasteiger partial charge in [-0.25, -0.2) is 4.79 Å². The van der Waals surface area contributed by atoms with Gasteiger partial charge in [0.2, 0.25) is 5.91 Å². The van der Waals surface area contributed by atoms with Gasteiger partial charge in [-0.1, -0.05) is 12.1 Å². The molecule has 0 bridgehead atoms. The Morgan fingerprint density at radius 1 is 1.24 bits per heavy atom. The Balaban J connectivity index is 1.47. The lowest BCUT2D eigenvalue weighted by Crippen LogP contribution is -2.31. The maximum Gasteiger partial charge on any atom is 0.336 e. The molecule has 1 aromatic heterocycles. The van der Waals surface area contributed by atoms with E-state index < -0.39 is 16.8 Å². The minimum atomic E-state index is -0.601. The lowest BCUT2D eigenvalue weighted by Gasteiger charge is -2.23. The Kier molecular flexibility index (Phi) is 5.02. The number of esters is 1. The summed E-state index contributed by atoms with van der Waals surface area (Å²) in [5.74, 6) is -0.785. The molecule has 1 atom stereocenters. The number of rotatable bonds is 4. The molecule has 0 saturated heterocycles. The van der Waals surface area contributed by atoms with Crippen LogP contribution in [-0.4, -0.2) is 22.2 Å². The molecular formula is C21H17NO6S. The molecule has 2 heterocycles. The fourth-order valence-corrected chi connectivity index (χ4v) is 4.23. The smallest absolute Gasteiger partial charge is 0.336 e. The Morgan fingerprint density at radius 2 is 2.03 bits per heavy atom. The van der Waals surface area contributed by atoms with Gasteiger partial charge < -0.3 is 19.6 Å². The van der Waals surface area contributed by atoms with E-state index >= 15 is 0 Å². The zero-order chi connectivity index (χ0) is 20.5. The third-order valence-corrected chi connectivity index (χ3v) is 5.94. The largest absolute Gasteiger partial charge is 0.508 e. The zero-order valence-electron chi connectivity index (χ0n) is 15.4. The van der Waals surface area contributed by atoms with Crippen molar-refractivity contribution in [2.45, 2.75) is 30.1 Å². The Bertz CT molecular complexity index is 1190. The first-order valence-corrected chi connectivity index (χ1v) is 9.78. The number of nitrogens with one attached hydrogen (secondary N) is 1. The standard InChI is InChI=1S/C21H17NO6S/c1-11-15(23)7-6-13-12(8-19(25)28-20(11)13)10-27-18(24)9-17-21(26)22-14-4-2-3-5-16(14)29-17/h2-8,17,23H,9-10H2,1H3,(H,22,26)/t17-/m1/s1. The molecule has 1 amide bonds. The van der Waals surface area contributed by atoms with Gasteiger partial charge in [-0.2, -0.15) is 0 Å². The van der Waals surface area contributed by atoms with Gasteiger partial charge in [0.1, 0.15) is 17.9 Å². The average molecular weight is 411 g/mol. The predicted molar refractivity (Wildman–Crippen MR) is 108 cm³/mol. The molecule has 0 unspecified atom stereocenters. The average Bonchev–Trinajstić information content (AvgIpc) is 2.70. The molecule has 0 aliphatic carbocycles. The number of anilines is 1. The number of carbonyl (C=O) groups excluding carboxylic acids is 2. The van der Waals surface area contributed by atoms with Crippen LogP contribution in [0.25, 0.3) is 11.0 Å². The monoisotopic (exact) mass is 411 g/mol. The van der Waals surface area contributed by atoms with Crippen LogP contribution in [-0.2, 0) is 20.9 Å². The normalized spacial score (nSPS) is 15.6. The van der Waals surface area contributed by atoms with Crippen LogP contribution in [0.4, 0.5) is 5.69 Å². The number of phenolic OH excluding ortho intramolecular Hbond substituents is 1. The van der Waals surface area contributed by atoms with Crippen LogP contribution in [0.3, 0.4) is 0 Å². The number of amides is 1. The van der Waals surface area contributed by atoms with Crippen LogP contribution in [0.15, 0.2) is 56.6 Å². The number of thioether (sulfide) groups is 1. The number of ether oxygens (including phenoxy) is 1. The van der Waals surface area contributed by atoms with E-state index in [1.54, 1.807) is 19.1 Å². The van der Waals surface area contributed by atoms with E-state index in [9.17, 15) is 19.5 Å². The maximum atomic E-state index is 12.3. The first kappa shape index (κ1) is 19.1. The summed E-state index contributed by atoms with van der Waals surface area (Å²) in [6.07, 6.45) is -0.0932. The van der Waals surface area contributed by atoms with Crippen molar-refractivity contribution in [1.82, 2.24) is 0 Å². The van der Waals surface area contributed by atoms with Crippen LogP contribution < -0.4 is 10.9 Å². The number of phenols is 1. The highest BCUT2D eigenvalue weighted by molar-refractivity contribution is 8.01. The summed E-state index contributed by atoms with van der Waals surface area (Å²) in [5, 5.41) is 12.6. The molecule has 2 aromatic carbocycles. The van der Waals surface area contributed by atoms with Crippen molar-refractivity contribution in [3.05, 3.63) is 64.0 Å². The lowest BCUT2D eigenvalue weighted by molar-refractivity contribution is -0.145. The zero-order valence-corrected chi connectivity index (χ0v) is 16.2. The minimum absolute atomic E-state index is 0.00964. The van der Waals surface area contributed by atoms with Gasteiger partial charge in [0.15, 0.2) is 0 Å². The van der Waals surface area contributed by atoms with E-state index in [4.69, 9.17) is 9.15 Å². The molecule has 0 fully saturated rings. The molecule has 29 heavy (non-hydrogen) atoms. The number of hydrogen-bond acceptors (Lipinski definition) is 7. The topological polar surface area (TPSA) is 106 Å². The van der Waals surface area contributed by atoms with Crippen LogP contribution >= 0.6 is 11.8 Å². The fraction of sp³-hybridized carbons (Fsp3) is 0.190.